The summed E-state index contributed by atoms with van der Waals surface area (Å²) in [6.45, 7) is 6.99. The van der Waals surface area contributed by atoms with Crippen molar-refractivity contribution in [2.24, 2.45) is 5.73 Å². The summed E-state index contributed by atoms with van der Waals surface area (Å²) in [5, 5.41) is 0. The van der Waals surface area contributed by atoms with Crippen molar-refractivity contribution in [1.29, 1.82) is 0 Å². The summed E-state index contributed by atoms with van der Waals surface area (Å²) in [5.41, 5.74) is 12.7. The summed E-state index contributed by atoms with van der Waals surface area (Å²) < 4.78 is 5.68. The summed E-state index contributed by atoms with van der Waals surface area (Å²) >= 11 is 0. The monoisotopic (exact) mass is 279 g/mol. The smallest absolute Gasteiger partial charge is 0.236 e. The number of hydrogen-bond donors (Lipinski definition) is 2. The number of nitrogens with zero attached hydrogens (tertiary/aromatic N) is 1. The molecule has 0 aliphatic carbocycles. The minimum atomic E-state index is -0.343. The Bertz CT molecular complexity index is 447. The number of nitrogen functional groups attached to an aromatic ring is 1. The van der Waals surface area contributed by atoms with E-state index < -0.39 is 0 Å². The van der Waals surface area contributed by atoms with Crippen LogP contribution in [0.15, 0.2) is 18.2 Å². The fourth-order valence-electron chi connectivity index (χ4n) is 1.91. The second-order valence-corrected chi connectivity index (χ2v) is 5.13. The maximum atomic E-state index is 11.2. The molecule has 0 saturated carbocycles. The molecule has 0 heterocycles. The highest BCUT2D eigenvalue weighted by molar-refractivity contribution is 5.80. The van der Waals surface area contributed by atoms with E-state index in [1.54, 1.807) is 6.07 Å². The first-order chi connectivity index (χ1) is 9.43. The van der Waals surface area contributed by atoms with Gasteiger partial charge in [0.25, 0.3) is 0 Å². The molecular weight excluding hydrogens is 254 g/mol. The van der Waals surface area contributed by atoms with Crippen LogP contribution in [0.2, 0.25) is 0 Å². The number of rotatable bonds is 8. The highest BCUT2D eigenvalue weighted by atomic mass is 16.5. The fraction of sp³-hybridized carbons (Fsp3) is 0.533. The molecule has 1 amide bonds. The molecule has 0 unspecified atom stereocenters. The molecule has 0 aliphatic heterocycles. The number of ether oxygens (including phenoxy) is 1. The third-order valence-electron chi connectivity index (χ3n) is 2.85. The number of nitrogens with two attached hydrogens (primary N) is 2. The maximum Gasteiger partial charge on any atom is 0.236 e. The van der Waals surface area contributed by atoms with Gasteiger partial charge in [-0.1, -0.05) is 13.3 Å². The van der Waals surface area contributed by atoms with Gasteiger partial charge in [0.1, 0.15) is 5.75 Å². The van der Waals surface area contributed by atoms with Crippen LogP contribution in [0, 0.1) is 0 Å². The van der Waals surface area contributed by atoms with Crippen molar-refractivity contribution < 1.29 is 9.53 Å². The van der Waals surface area contributed by atoms with Crippen LogP contribution in [-0.4, -0.2) is 25.1 Å². The van der Waals surface area contributed by atoms with Crippen molar-refractivity contribution >= 4 is 17.3 Å². The lowest BCUT2D eigenvalue weighted by Gasteiger charge is -2.24. The summed E-state index contributed by atoms with van der Waals surface area (Å²) in [5.74, 6) is 0.299. The average molecular weight is 279 g/mol. The Balaban J connectivity index is 2.96. The third kappa shape index (κ3) is 4.99. The van der Waals surface area contributed by atoms with Gasteiger partial charge in [-0.05, 0) is 32.4 Å². The molecule has 1 aromatic carbocycles. The van der Waals surface area contributed by atoms with E-state index in [9.17, 15) is 4.79 Å². The van der Waals surface area contributed by atoms with Gasteiger partial charge in [-0.3, -0.25) is 4.79 Å². The van der Waals surface area contributed by atoms with Crippen LogP contribution in [0.5, 0.6) is 5.75 Å². The Labute approximate surface area is 120 Å². The Kier molecular flexibility index (Phi) is 6.15. The Hall–Kier alpha value is -1.91. The zero-order valence-electron chi connectivity index (χ0n) is 12.6. The van der Waals surface area contributed by atoms with E-state index in [1.165, 1.54) is 0 Å². The molecule has 1 aromatic rings. The molecule has 0 saturated heterocycles. The number of hydrogen-bond acceptors (Lipinski definition) is 4. The van der Waals surface area contributed by atoms with E-state index in [2.05, 4.69) is 6.92 Å². The van der Waals surface area contributed by atoms with Crippen LogP contribution in [0.3, 0.4) is 0 Å². The van der Waals surface area contributed by atoms with E-state index in [4.69, 9.17) is 16.2 Å². The molecule has 0 fully saturated rings. The molecule has 20 heavy (non-hydrogen) atoms. The summed E-state index contributed by atoms with van der Waals surface area (Å²) in [4.78, 5) is 13.2. The molecule has 4 N–H and O–H groups in total. The topological polar surface area (TPSA) is 81.6 Å². The predicted molar refractivity (Wildman–Crippen MR) is 82.9 cm³/mol. The number of carbonyl (C=O) groups excluding carboxylic acids is 1. The van der Waals surface area contributed by atoms with E-state index in [1.807, 2.05) is 30.9 Å². The quantitative estimate of drug-likeness (QED) is 0.714. The lowest BCUT2D eigenvalue weighted by atomic mass is 10.2. The standard InChI is InChI=1S/C15H25N3O2/c1-4-5-8-18(10-15(17)19)12-6-7-13(16)14(9-12)20-11(2)3/h6-7,9,11H,4-5,8,10,16H2,1-3H3,(H2,17,19). The highest BCUT2D eigenvalue weighted by Gasteiger charge is 2.12. The molecule has 112 valence electrons. The van der Waals surface area contributed by atoms with Gasteiger partial charge < -0.3 is 21.1 Å². The molecule has 0 aromatic heterocycles. The van der Waals surface area contributed by atoms with E-state index >= 15 is 0 Å². The van der Waals surface area contributed by atoms with Gasteiger partial charge in [0.15, 0.2) is 0 Å². The maximum absolute atomic E-state index is 11.2. The summed E-state index contributed by atoms with van der Waals surface area (Å²) in [6.07, 6.45) is 2.10. The molecule has 0 aliphatic rings. The minimum Gasteiger partial charge on any atom is -0.489 e. The fourth-order valence-corrected chi connectivity index (χ4v) is 1.91. The largest absolute Gasteiger partial charge is 0.489 e. The zero-order chi connectivity index (χ0) is 15.1. The first kappa shape index (κ1) is 16.1. The molecule has 5 nitrogen and oxygen atoms in total. The van der Waals surface area contributed by atoms with Crippen LogP contribution < -0.4 is 21.1 Å². The normalized spacial score (nSPS) is 10.6. The van der Waals surface area contributed by atoms with Crippen molar-refractivity contribution in [2.75, 3.05) is 23.7 Å². The van der Waals surface area contributed by atoms with Gasteiger partial charge in [-0.15, -0.1) is 0 Å². The van der Waals surface area contributed by atoms with Gasteiger partial charge in [-0.25, -0.2) is 0 Å². The molecular formula is C15H25N3O2. The second kappa shape index (κ2) is 7.62. The van der Waals surface area contributed by atoms with E-state index in [-0.39, 0.29) is 18.6 Å². The van der Waals surface area contributed by atoms with Gasteiger partial charge >= 0.3 is 0 Å². The Morgan fingerprint density at radius 2 is 2.10 bits per heavy atom. The van der Waals surface area contributed by atoms with Crippen molar-refractivity contribution in [3.05, 3.63) is 18.2 Å². The number of carbonyl (C=O) groups is 1. The lowest BCUT2D eigenvalue weighted by molar-refractivity contribution is -0.116. The Morgan fingerprint density at radius 1 is 1.40 bits per heavy atom. The van der Waals surface area contributed by atoms with Gasteiger partial charge in [-0.2, -0.15) is 0 Å². The van der Waals surface area contributed by atoms with Crippen molar-refractivity contribution in [3.8, 4) is 5.75 Å². The average Bonchev–Trinajstić information content (AvgIpc) is 2.36. The van der Waals surface area contributed by atoms with Crippen molar-refractivity contribution in [1.82, 2.24) is 0 Å². The molecule has 0 radical (unpaired) electrons. The van der Waals surface area contributed by atoms with Gasteiger partial charge in [0.05, 0.1) is 18.3 Å². The SMILES string of the molecule is CCCCN(CC(N)=O)c1ccc(N)c(OC(C)C)c1. The van der Waals surface area contributed by atoms with E-state index in [0.29, 0.717) is 11.4 Å². The van der Waals surface area contributed by atoms with Crippen LogP contribution in [0.4, 0.5) is 11.4 Å². The van der Waals surface area contributed by atoms with Gasteiger partial charge in [0.2, 0.25) is 5.91 Å². The molecule has 5 heteroatoms. The van der Waals surface area contributed by atoms with E-state index in [0.717, 1.165) is 25.1 Å². The number of benzene rings is 1. The molecule has 1 rings (SSSR count). The van der Waals surface area contributed by atoms with Crippen molar-refractivity contribution in [3.63, 3.8) is 0 Å². The van der Waals surface area contributed by atoms with Crippen LogP contribution in [0.25, 0.3) is 0 Å². The summed E-state index contributed by atoms with van der Waals surface area (Å²) in [7, 11) is 0. The highest BCUT2D eigenvalue weighted by Crippen LogP contribution is 2.28. The Morgan fingerprint density at radius 3 is 2.65 bits per heavy atom. The predicted octanol–water partition coefficient (Wildman–Crippen LogP) is 2.15. The second-order valence-electron chi connectivity index (χ2n) is 5.13. The number of unbranched alkanes of at least 4 members (excludes halogenated alkanes) is 1. The zero-order valence-corrected chi connectivity index (χ0v) is 12.6. The molecule has 0 spiro atoms. The number of amides is 1. The number of anilines is 2. The first-order valence-corrected chi connectivity index (χ1v) is 7.03. The van der Waals surface area contributed by atoms with Crippen LogP contribution in [-0.2, 0) is 4.79 Å². The summed E-state index contributed by atoms with van der Waals surface area (Å²) in [6, 6.07) is 5.56. The van der Waals surface area contributed by atoms with Crippen molar-refractivity contribution in [2.45, 2.75) is 39.7 Å². The first-order valence-electron chi connectivity index (χ1n) is 7.03. The molecule has 0 atom stereocenters. The van der Waals surface area contributed by atoms with Crippen LogP contribution in [0.1, 0.15) is 33.6 Å². The minimum absolute atomic E-state index is 0.0489. The third-order valence-corrected chi connectivity index (χ3v) is 2.85. The van der Waals surface area contributed by atoms with Crippen LogP contribution >= 0.6 is 0 Å². The molecule has 0 bridgehead atoms. The van der Waals surface area contributed by atoms with Gasteiger partial charge in [0, 0.05) is 18.3 Å². The number of primary amides is 1. The lowest BCUT2D eigenvalue weighted by Crippen LogP contribution is -2.34.